The van der Waals surface area contributed by atoms with Crippen LogP contribution in [0.25, 0.3) is 0 Å². The lowest BCUT2D eigenvalue weighted by Crippen LogP contribution is -2.73. The summed E-state index contributed by atoms with van der Waals surface area (Å²) in [5.41, 5.74) is 0.781. The van der Waals surface area contributed by atoms with Crippen LogP contribution in [0, 0.1) is 5.92 Å². The van der Waals surface area contributed by atoms with Crippen LogP contribution >= 0.6 is 0 Å². The maximum atomic E-state index is 11.8. The van der Waals surface area contributed by atoms with Gasteiger partial charge in [-0.15, -0.1) is 0 Å². The van der Waals surface area contributed by atoms with E-state index in [1.807, 2.05) is 13.8 Å². The van der Waals surface area contributed by atoms with Crippen molar-refractivity contribution < 1.29 is 19.6 Å². The van der Waals surface area contributed by atoms with Crippen LogP contribution in [-0.4, -0.2) is 18.4 Å². The Kier molecular flexibility index (Phi) is 3.80. The Morgan fingerprint density at radius 1 is 1.47 bits per heavy atom. The molecule has 0 aromatic heterocycles. The lowest BCUT2D eigenvalue weighted by atomic mass is 9.94. The minimum Gasteiger partial charge on any atom is -0.462 e. The molecule has 1 aliphatic rings. The van der Waals surface area contributed by atoms with Gasteiger partial charge >= 0.3 is 5.97 Å². The highest BCUT2D eigenvalue weighted by Gasteiger charge is 2.29. The van der Waals surface area contributed by atoms with Gasteiger partial charge in [0.05, 0.1) is 12.2 Å². The second kappa shape index (κ2) is 4.89. The number of carbonyl (C=O) groups excluding carboxylic acids is 2. The van der Waals surface area contributed by atoms with Crippen molar-refractivity contribution in [2.45, 2.75) is 20.8 Å². The topological polar surface area (TPSA) is 60.0 Å². The number of allylic oxidation sites excluding steroid dienone is 1. The van der Waals surface area contributed by atoms with E-state index in [0.717, 1.165) is 0 Å². The van der Waals surface area contributed by atoms with E-state index in [1.54, 1.807) is 18.4 Å². The van der Waals surface area contributed by atoms with E-state index in [-0.39, 0.29) is 23.9 Å². The molecule has 0 atom stereocenters. The first kappa shape index (κ1) is 11.7. The monoisotopic (exact) mass is 210 g/mol. The van der Waals surface area contributed by atoms with Crippen molar-refractivity contribution in [3.63, 3.8) is 0 Å². The van der Waals surface area contributed by atoms with Crippen LogP contribution in [0.4, 0.5) is 0 Å². The van der Waals surface area contributed by atoms with Gasteiger partial charge in [0, 0.05) is 0 Å². The highest BCUT2D eigenvalue weighted by atomic mass is 16.5. The normalized spacial score (nSPS) is 16.1. The van der Waals surface area contributed by atoms with Crippen molar-refractivity contribution in [2.24, 2.45) is 5.92 Å². The van der Waals surface area contributed by atoms with Crippen molar-refractivity contribution >= 4 is 11.8 Å². The SMILES string of the molecule is CCOC(=O)C1=C[NH2+]C=C(C(C)C)C1=O. The van der Waals surface area contributed by atoms with E-state index in [4.69, 9.17) is 4.74 Å². The third-order valence-corrected chi connectivity index (χ3v) is 2.16. The van der Waals surface area contributed by atoms with Crippen LogP contribution < -0.4 is 5.32 Å². The number of Topliss-reactive ketones (excluding diaryl/α,β-unsaturated/α-hetero) is 1. The molecule has 0 bridgehead atoms. The van der Waals surface area contributed by atoms with Gasteiger partial charge in [0.2, 0.25) is 5.78 Å². The summed E-state index contributed by atoms with van der Waals surface area (Å²) >= 11 is 0. The number of esters is 1. The third kappa shape index (κ3) is 2.53. The summed E-state index contributed by atoms with van der Waals surface area (Å²) in [7, 11) is 0. The zero-order valence-corrected chi connectivity index (χ0v) is 9.24. The van der Waals surface area contributed by atoms with Crippen LogP contribution in [0.2, 0.25) is 0 Å². The van der Waals surface area contributed by atoms with Gasteiger partial charge in [-0.25, -0.2) is 4.79 Å². The summed E-state index contributed by atoms with van der Waals surface area (Å²) in [6, 6.07) is 0. The summed E-state index contributed by atoms with van der Waals surface area (Å²) in [6.45, 7) is 5.84. The molecule has 0 saturated carbocycles. The zero-order valence-electron chi connectivity index (χ0n) is 9.24. The molecule has 1 rings (SSSR count). The van der Waals surface area contributed by atoms with E-state index in [1.165, 1.54) is 6.20 Å². The number of rotatable bonds is 3. The summed E-state index contributed by atoms with van der Waals surface area (Å²) in [4.78, 5) is 23.2. The summed E-state index contributed by atoms with van der Waals surface area (Å²) in [5, 5.41) is 1.71. The van der Waals surface area contributed by atoms with Crippen molar-refractivity contribution in [1.29, 1.82) is 0 Å². The Hall–Kier alpha value is -1.42. The van der Waals surface area contributed by atoms with Crippen molar-refractivity contribution in [1.82, 2.24) is 0 Å². The van der Waals surface area contributed by atoms with E-state index >= 15 is 0 Å². The van der Waals surface area contributed by atoms with Gasteiger partial charge in [0.15, 0.2) is 5.57 Å². The van der Waals surface area contributed by atoms with Crippen LogP contribution in [0.15, 0.2) is 23.5 Å². The number of ketones is 1. The Morgan fingerprint density at radius 3 is 2.67 bits per heavy atom. The van der Waals surface area contributed by atoms with Crippen molar-refractivity contribution in [3.05, 3.63) is 23.5 Å². The average molecular weight is 210 g/mol. The molecular weight excluding hydrogens is 194 g/mol. The molecule has 0 unspecified atom stereocenters. The average Bonchev–Trinajstić information content (AvgIpc) is 2.17. The van der Waals surface area contributed by atoms with Crippen LogP contribution in [-0.2, 0) is 14.3 Å². The van der Waals surface area contributed by atoms with Crippen LogP contribution in [0.5, 0.6) is 0 Å². The highest BCUT2D eigenvalue weighted by molar-refractivity contribution is 6.24. The summed E-state index contributed by atoms with van der Waals surface area (Å²) in [6.07, 6.45) is 3.25. The van der Waals surface area contributed by atoms with E-state index in [2.05, 4.69) is 0 Å². The van der Waals surface area contributed by atoms with Gasteiger partial charge in [-0.2, -0.15) is 0 Å². The molecule has 0 aromatic rings. The molecule has 0 spiro atoms. The molecule has 2 N–H and O–H groups in total. The molecule has 1 heterocycles. The fourth-order valence-electron chi connectivity index (χ4n) is 1.38. The fourth-order valence-corrected chi connectivity index (χ4v) is 1.38. The molecule has 0 radical (unpaired) electrons. The number of quaternary nitrogens is 1. The molecule has 0 saturated heterocycles. The molecule has 0 aliphatic carbocycles. The maximum absolute atomic E-state index is 11.8. The van der Waals surface area contributed by atoms with Gasteiger partial charge in [0.1, 0.15) is 12.4 Å². The molecule has 1 aliphatic heterocycles. The van der Waals surface area contributed by atoms with Gasteiger partial charge in [-0.3, -0.25) is 10.1 Å². The molecule has 0 fully saturated rings. The number of ether oxygens (including phenoxy) is 1. The Bertz CT molecular complexity index is 340. The third-order valence-electron chi connectivity index (χ3n) is 2.16. The van der Waals surface area contributed by atoms with Gasteiger partial charge in [-0.05, 0) is 12.8 Å². The van der Waals surface area contributed by atoms with E-state index < -0.39 is 5.97 Å². The summed E-state index contributed by atoms with van der Waals surface area (Å²) < 4.78 is 4.80. The highest BCUT2D eigenvalue weighted by Crippen LogP contribution is 2.16. The number of hydrogen-bond donors (Lipinski definition) is 1. The number of carbonyl (C=O) groups is 2. The van der Waals surface area contributed by atoms with E-state index in [0.29, 0.717) is 5.57 Å². The molecule has 15 heavy (non-hydrogen) atoms. The number of hydrogen-bond acceptors (Lipinski definition) is 3. The molecule has 0 amide bonds. The zero-order chi connectivity index (χ0) is 11.4. The lowest BCUT2D eigenvalue weighted by molar-refractivity contribution is -0.516. The van der Waals surface area contributed by atoms with E-state index in [9.17, 15) is 9.59 Å². The second-order valence-electron chi connectivity index (χ2n) is 3.60. The molecular formula is C11H16NO3+. The Balaban J connectivity index is 2.83. The molecule has 4 heteroatoms. The predicted molar refractivity (Wildman–Crippen MR) is 54.6 cm³/mol. The first-order chi connectivity index (χ1) is 7.07. The van der Waals surface area contributed by atoms with Crippen molar-refractivity contribution in [2.75, 3.05) is 6.61 Å². The predicted octanol–water partition coefficient (Wildman–Crippen LogP) is 0.119. The Labute approximate surface area is 89.0 Å². The first-order valence-electron chi connectivity index (χ1n) is 5.05. The number of nitrogens with two attached hydrogens (primary N) is 1. The second-order valence-corrected chi connectivity index (χ2v) is 3.60. The Morgan fingerprint density at radius 2 is 2.13 bits per heavy atom. The molecule has 0 aromatic carbocycles. The maximum Gasteiger partial charge on any atom is 0.347 e. The van der Waals surface area contributed by atoms with Crippen molar-refractivity contribution in [3.8, 4) is 0 Å². The molecule has 4 nitrogen and oxygen atoms in total. The minimum absolute atomic E-state index is 0.117. The van der Waals surface area contributed by atoms with Gasteiger partial charge in [0.25, 0.3) is 0 Å². The van der Waals surface area contributed by atoms with Gasteiger partial charge in [-0.1, -0.05) is 13.8 Å². The van der Waals surface area contributed by atoms with Gasteiger partial charge < -0.3 is 4.74 Å². The standard InChI is InChI=1S/C11H15NO3/c1-4-15-11(14)9-6-12-5-8(7(2)3)10(9)13/h5-7H,4H2,1-3H3,(H,12,13)/p+1. The fraction of sp³-hybridized carbons (Fsp3) is 0.455. The van der Waals surface area contributed by atoms with Crippen LogP contribution in [0.3, 0.4) is 0 Å². The van der Waals surface area contributed by atoms with Crippen LogP contribution in [0.1, 0.15) is 20.8 Å². The first-order valence-corrected chi connectivity index (χ1v) is 5.05. The largest absolute Gasteiger partial charge is 0.462 e. The summed E-state index contributed by atoms with van der Waals surface area (Å²) in [5.74, 6) is -0.636. The quantitative estimate of drug-likeness (QED) is 0.531. The lowest BCUT2D eigenvalue weighted by Gasteiger charge is -2.13. The molecule has 82 valence electrons. The minimum atomic E-state index is -0.537. The smallest absolute Gasteiger partial charge is 0.347 e.